The Kier molecular flexibility index (Phi) is 4.68. The van der Waals surface area contributed by atoms with E-state index in [-0.39, 0.29) is 11.9 Å². The van der Waals surface area contributed by atoms with Crippen molar-refractivity contribution in [2.24, 2.45) is 7.05 Å². The molecule has 0 aliphatic rings. The highest BCUT2D eigenvalue weighted by atomic mass is 16.5. The number of nitrogens with one attached hydrogen (secondary N) is 1. The Morgan fingerprint density at radius 1 is 1.36 bits per heavy atom. The molecule has 0 radical (unpaired) electrons. The first-order valence-electron chi connectivity index (χ1n) is 7.51. The third-order valence-corrected chi connectivity index (χ3v) is 3.77. The number of carbonyl (C=O) groups excluding carboxylic acids is 1. The van der Waals surface area contributed by atoms with Crippen LogP contribution < -0.4 is 10.1 Å². The lowest BCUT2D eigenvalue weighted by Gasteiger charge is -2.12. The fourth-order valence-corrected chi connectivity index (χ4v) is 2.74. The van der Waals surface area contributed by atoms with Crippen LogP contribution in [0.3, 0.4) is 0 Å². The zero-order valence-electron chi connectivity index (χ0n) is 14.1. The summed E-state index contributed by atoms with van der Waals surface area (Å²) >= 11 is 0. The molecule has 22 heavy (non-hydrogen) atoms. The average Bonchev–Trinajstić information content (AvgIpc) is 2.74. The van der Waals surface area contributed by atoms with E-state index in [9.17, 15) is 4.79 Å². The summed E-state index contributed by atoms with van der Waals surface area (Å²) in [6.07, 6.45) is 1.12. The van der Waals surface area contributed by atoms with E-state index >= 15 is 0 Å². The number of hydrogen-bond donors (Lipinski definition) is 1. The van der Waals surface area contributed by atoms with Crippen LogP contribution in [0.15, 0.2) is 0 Å². The zero-order valence-corrected chi connectivity index (χ0v) is 14.1. The van der Waals surface area contributed by atoms with Crippen molar-refractivity contribution >= 4 is 16.9 Å². The molecule has 0 saturated carbocycles. The van der Waals surface area contributed by atoms with Gasteiger partial charge in [0.25, 0.3) is 0 Å². The van der Waals surface area contributed by atoms with Crippen LogP contribution in [0.25, 0.3) is 11.0 Å². The number of carbonyl (C=O) groups is 1. The van der Waals surface area contributed by atoms with E-state index in [2.05, 4.69) is 15.4 Å². The van der Waals surface area contributed by atoms with Crippen molar-refractivity contribution in [3.8, 4) is 5.88 Å². The maximum Gasteiger partial charge on any atom is 0.242 e. The van der Waals surface area contributed by atoms with Crippen molar-refractivity contribution in [1.82, 2.24) is 20.1 Å². The molecule has 0 saturated heterocycles. The molecule has 0 aromatic carbocycles. The van der Waals surface area contributed by atoms with Gasteiger partial charge in [-0.2, -0.15) is 0 Å². The number of nitrogens with zero attached hydrogens (tertiary/aromatic N) is 3. The lowest BCUT2D eigenvalue weighted by atomic mass is 10.00. The van der Waals surface area contributed by atoms with Gasteiger partial charge in [-0.15, -0.1) is 5.10 Å². The molecule has 2 heterocycles. The van der Waals surface area contributed by atoms with Crippen molar-refractivity contribution in [2.75, 3.05) is 7.11 Å². The van der Waals surface area contributed by atoms with E-state index in [4.69, 9.17) is 4.74 Å². The molecular formula is C16H24N4O2. The van der Waals surface area contributed by atoms with Crippen LogP contribution in [-0.2, 0) is 18.3 Å². The Morgan fingerprint density at radius 3 is 2.64 bits per heavy atom. The van der Waals surface area contributed by atoms with E-state index in [1.165, 1.54) is 0 Å². The summed E-state index contributed by atoms with van der Waals surface area (Å²) in [5.41, 5.74) is 3.93. The number of rotatable bonds is 5. The van der Waals surface area contributed by atoms with Crippen LogP contribution in [0.1, 0.15) is 37.1 Å². The Labute approximate surface area is 130 Å². The number of aromatic nitrogens is 3. The lowest BCUT2D eigenvalue weighted by Crippen LogP contribution is -2.30. The van der Waals surface area contributed by atoms with Gasteiger partial charge < -0.3 is 10.1 Å². The highest BCUT2D eigenvalue weighted by Gasteiger charge is 2.18. The van der Waals surface area contributed by atoms with Crippen molar-refractivity contribution in [3.05, 3.63) is 16.8 Å². The van der Waals surface area contributed by atoms with Gasteiger partial charge in [-0.3, -0.25) is 4.79 Å². The number of fused-ring (bicyclic) bond motifs is 1. The fraction of sp³-hybridized carbons (Fsp3) is 0.562. The second-order valence-corrected chi connectivity index (χ2v) is 5.85. The van der Waals surface area contributed by atoms with Crippen molar-refractivity contribution in [1.29, 1.82) is 0 Å². The normalized spacial score (nSPS) is 11.2. The summed E-state index contributed by atoms with van der Waals surface area (Å²) in [6, 6.07) is 0.161. The summed E-state index contributed by atoms with van der Waals surface area (Å²) in [6.45, 7) is 7.93. The number of methoxy groups -OCH3 is 1. The maximum absolute atomic E-state index is 11.9. The van der Waals surface area contributed by atoms with Crippen LogP contribution in [0, 0.1) is 13.8 Å². The van der Waals surface area contributed by atoms with E-state index in [0.29, 0.717) is 18.7 Å². The number of hydrogen-bond acceptors (Lipinski definition) is 4. The van der Waals surface area contributed by atoms with Gasteiger partial charge in [0.2, 0.25) is 11.8 Å². The number of aryl methyl sites for hydroxylation is 3. The minimum absolute atomic E-state index is 0.0621. The van der Waals surface area contributed by atoms with E-state index in [0.717, 1.165) is 27.9 Å². The van der Waals surface area contributed by atoms with Crippen LogP contribution >= 0.6 is 0 Å². The molecule has 0 unspecified atom stereocenters. The predicted octanol–water partition coefficient (Wildman–Crippen LogP) is 2.05. The van der Waals surface area contributed by atoms with Gasteiger partial charge >= 0.3 is 0 Å². The van der Waals surface area contributed by atoms with E-state index in [1.807, 2.05) is 34.7 Å². The molecule has 0 aliphatic heterocycles. The largest absolute Gasteiger partial charge is 0.479 e. The van der Waals surface area contributed by atoms with Crippen molar-refractivity contribution in [3.63, 3.8) is 0 Å². The molecule has 120 valence electrons. The molecule has 2 aromatic heterocycles. The van der Waals surface area contributed by atoms with Crippen molar-refractivity contribution in [2.45, 2.75) is 46.6 Å². The standard InChI is InChI=1S/C16H24N4O2/c1-9(2)17-13(21)8-7-12-10(3)14-15(18-11(12)4)20(5)19-16(14)22-6/h9H,7-8H2,1-6H3,(H,17,21). The van der Waals surface area contributed by atoms with E-state index < -0.39 is 0 Å². The molecule has 2 rings (SSSR count). The zero-order chi connectivity index (χ0) is 16.4. The van der Waals surface area contributed by atoms with Crippen LogP contribution in [-0.4, -0.2) is 33.8 Å². The molecule has 0 atom stereocenters. The second kappa shape index (κ2) is 6.34. The Balaban J connectivity index is 2.36. The predicted molar refractivity (Wildman–Crippen MR) is 86.1 cm³/mol. The molecule has 0 fully saturated rings. The lowest BCUT2D eigenvalue weighted by molar-refractivity contribution is -0.121. The first kappa shape index (κ1) is 16.3. The smallest absolute Gasteiger partial charge is 0.242 e. The molecular weight excluding hydrogens is 280 g/mol. The molecule has 1 amide bonds. The molecule has 0 aliphatic carbocycles. The molecule has 0 bridgehead atoms. The molecule has 2 aromatic rings. The molecule has 6 heteroatoms. The fourth-order valence-electron chi connectivity index (χ4n) is 2.74. The van der Waals surface area contributed by atoms with Gasteiger partial charge in [-0.1, -0.05) is 0 Å². The second-order valence-electron chi connectivity index (χ2n) is 5.85. The number of ether oxygens (including phenoxy) is 1. The molecule has 6 nitrogen and oxygen atoms in total. The van der Waals surface area contributed by atoms with E-state index in [1.54, 1.807) is 11.8 Å². The topological polar surface area (TPSA) is 69.0 Å². The van der Waals surface area contributed by atoms with Gasteiger partial charge in [-0.25, -0.2) is 9.67 Å². The monoisotopic (exact) mass is 304 g/mol. The van der Waals surface area contributed by atoms with Gasteiger partial charge in [0, 0.05) is 25.2 Å². The quantitative estimate of drug-likeness (QED) is 0.918. The van der Waals surface area contributed by atoms with Gasteiger partial charge in [0.1, 0.15) is 0 Å². The van der Waals surface area contributed by atoms with Crippen LogP contribution in [0.2, 0.25) is 0 Å². The number of amides is 1. The van der Waals surface area contributed by atoms with Gasteiger partial charge in [-0.05, 0) is 45.2 Å². The summed E-state index contributed by atoms with van der Waals surface area (Å²) in [5, 5.41) is 8.18. The Hall–Kier alpha value is -2.11. The highest BCUT2D eigenvalue weighted by Crippen LogP contribution is 2.30. The Morgan fingerprint density at radius 2 is 2.05 bits per heavy atom. The summed E-state index contributed by atoms with van der Waals surface area (Å²) in [7, 11) is 3.46. The summed E-state index contributed by atoms with van der Waals surface area (Å²) < 4.78 is 7.08. The molecule has 0 spiro atoms. The molecule has 1 N–H and O–H groups in total. The Bertz CT molecular complexity index is 704. The minimum atomic E-state index is 0.0621. The first-order chi connectivity index (χ1) is 10.3. The van der Waals surface area contributed by atoms with Crippen molar-refractivity contribution < 1.29 is 9.53 Å². The van der Waals surface area contributed by atoms with Crippen LogP contribution in [0.5, 0.6) is 5.88 Å². The minimum Gasteiger partial charge on any atom is -0.479 e. The summed E-state index contributed by atoms with van der Waals surface area (Å²) in [4.78, 5) is 16.5. The third-order valence-electron chi connectivity index (χ3n) is 3.77. The SMILES string of the molecule is COc1nn(C)c2nc(C)c(CCC(=O)NC(C)C)c(C)c12. The maximum atomic E-state index is 11.9. The number of pyridine rings is 1. The van der Waals surface area contributed by atoms with Crippen LogP contribution in [0.4, 0.5) is 0 Å². The average molecular weight is 304 g/mol. The van der Waals surface area contributed by atoms with Gasteiger partial charge in [0.05, 0.1) is 12.5 Å². The summed E-state index contributed by atoms with van der Waals surface area (Å²) in [5.74, 6) is 0.641. The third kappa shape index (κ3) is 3.05. The van der Waals surface area contributed by atoms with Gasteiger partial charge in [0.15, 0.2) is 5.65 Å². The first-order valence-corrected chi connectivity index (χ1v) is 7.51. The highest BCUT2D eigenvalue weighted by molar-refractivity contribution is 5.86.